The van der Waals surface area contributed by atoms with Crippen LogP contribution < -0.4 is 4.74 Å². The van der Waals surface area contributed by atoms with Crippen molar-refractivity contribution in [2.75, 3.05) is 7.11 Å². The number of halogens is 1. The Morgan fingerprint density at radius 2 is 1.76 bits per heavy atom. The Morgan fingerprint density at radius 3 is 2.38 bits per heavy atom. The van der Waals surface area contributed by atoms with Crippen LogP contribution in [0.3, 0.4) is 0 Å². The molecule has 1 atom stereocenters. The summed E-state index contributed by atoms with van der Waals surface area (Å²) >= 11 is 6.17. The second-order valence-corrected chi connectivity index (χ2v) is 8.88. The highest BCUT2D eigenvalue weighted by Crippen LogP contribution is 2.42. The van der Waals surface area contributed by atoms with Gasteiger partial charge in [0.1, 0.15) is 11.5 Å². The van der Waals surface area contributed by atoms with Crippen LogP contribution in [0, 0.1) is 0 Å². The van der Waals surface area contributed by atoms with Crippen LogP contribution in [0.5, 0.6) is 5.75 Å². The molecule has 1 aliphatic heterocycles. The van der Waals surface area contributed by atoms with Gasteiger partial charge < -0.3 is 14.7 Å². The van der Waals surface area contributed by atoms with E-state index in [0.29, 0.717) is 16.7 Å². The third-order valence-corrected chi connectivity index (χ3v) is 6.21. The van der Waals surface area contributed by atoms with Crippen molar-refractivity contribution in [2.24, 2.45) is 0 Å². The molecule has 1 saturated heterocycles. The molecular weight excluding hydrogens is 452 g/mol. The van der Waals surface area contributed by atoms with E-state index in [0.717, 1.165) is 16.7 Å². The molecule has 174 valence electrons. The van der Waals surface area contributed by atoms with Gasteiger partial charge in [-0.1, -0.05) is 49.7 Å². The van der Waals surface area contributed by atoms with Crippen LogP contribution in [0.15, 0.2) is 72.6 Å². The van der Waals surface area contributed by atoms with Crippen molar-refractivity contribution >= 4 is 29.1 Å². The molecule has 4 rings (SSSR count). The number of carbonyl (C=O) groups is 2. The fraction of sp³-hybridized carbons (Fsp3) is 0.222. The average molecular weight is 477 g/mol. The molecule has 1 unspecified atom stereocenters. The molecule has 34 heavy (non-hydrogen) atoms. The Morgan fingerprint density at radius 1 is 1.09 bits per heavy atom. The van der Waals surface area contributed by atoms with Gasteiger partial charge in [-0.05, 0) is 52.9 Å². The van der Waals surface area contributed by atoms with Crippen LogP contribution in [0.25, 0.3) is 5.76 Å². The minimum absolute atomic E-state index is 0.00285. The van der Waals surface area contributed by atoms with E-state index in [9.17, 15) is 14.7 Å². The summed E-state index contributed by atoms with van der Waals surface area (Å²) in [4.78, 5) is 32.0. The van der Waals surface area contributed by atoms with Gasteiger partial charge >= 0.3 is 0 Å². The van der Waals surface area contributed by atoms with Crippen molar-refractivity contribution < 1.29 is 19.4 Å². The number of benzene rings is 2. The zero-order chi connectivity index (χ0) is 24.4. The number of carbonyl (C=O) groups excluding carboxylic acids is 2. The van der Waals surface area contributed by atoms with Crippen molar-refractivity contribution in [1.29, 1.82) is 0 Å². The first-order valence-electron chi connectivity index (χ1n) is 10.9. The lowest BCUT2D eigenvalue weighted by Crippen LogP contribution is -2.29. The Balaban J connectivity index is 1.90. The van der Waals surface area contributed by atoms with Gasteiger partial charge in [0.15, 0.2) is 0 Å². The van der Waals surface area contributed by atoms with Gasteiger partial charge in [0, 0.05) is 24.0 Å². The van der Waals surface area contributed by atoms with Crippen molar-refractivity contribution in [2.45, 2.75) is 32.4 Å². The number of methoxy groups -OCH3 is 1. The minimum atomic E-state index is -0.780. The van der Waals surface area contributed by atoms with Crippen molar-refractivity contribution in [3.05, 3.63) is 99.8 Å². The number of aliphatic hydroxyl groups excluding tert-OH is 1. The third kappa shape index (κ3) is 4.41. The lowest BCUT2D eigenvalue weighted by atomic mass is 9.93. The fourth-order valence-corrected chi connectivity index (χ4v) is 4.32. The molecule has 0 saturated carbocycles. The molecular formula is C27H25ClN2O4. The van der Waals surface area contributed by atoms with Crippen LogP contribution in [0.2, 0.25) is 5.02 Å². The summed E-state index contributed by atoms with van der Waals surface area (Å²) in [6.45, 7) is 4.37. The van der Waals surface area contributed by atoms with Crippen LogP contribution in [-0.4, -0.2) is 33.8 Å². The molecule has 0 bridgehead atoms. The van der Waals surface area contributed by atoms with E-state index in [1.165, 1.54) is 18.1 Å². The molecule has 0 radical (unpaired) electrons. The molecule has 3 aromatic rings. The zero-order valence-electron chi connectivity index (χ0n) is 19.2. The van der Waals surface area contributed by atoms with E-state index in [1.54, 1.807) is 36.7 Å². The highest BCUT2D eigenvalue weighted by atomic mass is 35.5. The Labute approximate surface area is 203 Å². The van der Waals surface area contributed by atoms with Gasteiger partial charge in [-0.3, -0.25) is 14.6 Å². The number of ketones is 1. The number of hydrogen-bond acceptors (Lipinski definition) is 5. The van der Waals surface area contributed by atoms with Gasteiger partial charge in [0.25, 0.3) is 11.7 Å². The van der Waals surface area contributed by atoms with Gasteiger partial charge in [-0.2, -0.15) is 0 Å². The summed E-state index contributed by atoms with van der Waals surface area (Å²) in [6, 6.07) is 15.3. The molecule has 1 aromatic heterocycles. The average Bonchev–Trinajstić information content (AvgIpc) is 3.09. The first-order valence-corrected chi connectivity index (χ1v) is 11.3. The summed E-state index contributed by atoms with van der Waals surface area (Å²) in [7, 11) is 1.46. The number of Topliss-reactive ketones (excluding diaryl/α,β-unsaturated/α-hetero) is 1. The second kappa shape index (κ2) is 9.69. The summed E-state index contributed by atoms with van der Waals surface area (Å²) in [5.74, 6) is -1.10. The quantitative estimate of drug-likeness (QED) is 0.289. The topological polar surface area (TPSA) is 79.7 Å². The van der Waals surface area contributed by atoms with Crippen LogP contribution in [0.4, 0.5) is 0 Å². The predicted molar refractivity (Wildman–Crippen MR) is 131 cm³/mol. The normalized spacial score (nSPS) is 17.4. The van der Waals surface area contributed by atoms with Gasteiger partial charge in [0.05, 0.1) is 24.3 Å². The number of hydrogen-bond donors (Lipinski definition) is 1. The maximum absolute atomic E-state index is 13.3. The standard InChI is InChI=1S/C27H25ClN2O4/c1-16(2)18-4-6-19(7-5-18)24-23(25(31)21-14-20(28)8-9-22(21)34-3)26(32)27(33)30(24)15-17-10-12-29-13-11-17/h4-14,16,24,31H,15H2,1-3H3/b25-23+. The molecule has 1 amide bonds. The van der Waals surface area contributed by atoms with Crippen LogP contribution >= 0.6 is 11.6 Å². The smallest absolute Gasteiger partial charge is 0.295 e. The highest BCUT2D eigenvalue weighted by Gasteiger charge is 2.46. The molecule has 1 aliphatic rings. The molecule has 6 nitrogen and oxygen atoms in total. The number of rotatable bonds is 6. The largest absolute Gasteiger partial charge is 0.507 e. The zero-order valence-corrected chi connectivity index (χ0v) is 19.9. The molecule has 2 aromatic carbocycles. The number of amides is 1. The second-order valence-electron chi connectivity index (χ2n) is 8.45. The van der Waals surface area contributed by atoms with E-state index in [2.05, 4.69) is 18.8 Å². The van der Waals surface area contributed by atoms with Crippen molar-refractivity contribution in [3.63, 3.8) is 0 Å². The van der Waals surface area contributed by atoms with Gasteiger partial charge in [0.2, 0.25) is 0 Å². The Kier molecular flexibility index (Phi) is 6.70. The van der Waals surface area contributed by atoms with Gasteiger partial charge in [-0.25, -0.2) is 0 Å². The van der Waals surface area contributed by atoms with E-state index in [-0.39, 0.29) is 23.4 Å². The Hall–Kier alpha value is -3.64. The summed E-state index contributed by atoms with van der Waals surface area (Å²) in [5, 5.41) is 11.7. The molecule has 1 fully saturated rings. The summed E-state index contributed by atoms with van der Waals surface area (Å²) in [6.07, 6.45) is 3.27. The number of aromatic nitrogens is 1. The number of pyridine rings is 1. The van der Waals surface area contributed by atoms with E-state index in [1.807, 2.05) is 24.3 Å². The van der Waals surface area contributed by atoms with Crippen LogP contribution in [0.1, 0.15) is 48.1 Å². The summed E-state index contributed by atoms with van der Waals surface area (Å²) < 4.78 is 5.38. The van der Waals surface area contributed by atoms with Crippen molar-refractivity contribution in [1.82, 2.24) is 9.88 Å². The number of nitrogens with zero attached hydrogens (tertiary/aromatic N) is 2. The maximum Gasteiger partial charge on any atom is 0.295 e. The monoisotopic (exact) mass is 476 g/mol. The van der Waals surface area contributed by atoms with Crippen molar-refractivity contribution in [3.8, 4) is 5.75 Å². The lowest BCUT2D eigenvalue weighted by Gasteiger charge is -2.26. The summed E-state index contributed by atoms with van der Waals surface area (Å²) in [5.41, 5.74) is 2.92. The van der Waals surface area contributed by atoms with Crippen LogP contribution in [-0.2, 0) is 16.1 Å². The third-order valence-electron chi connectivity index (χ3n) is 5.98. The van der Waals surface area contributed by atoms with Gasteiger partial charge in [-0.15, -0.1) is 0 Å². The molecule has 7 heteroatoms. The Bertz CT molecular complexity index is 1250. The molecule has 0 aliphatic carbocycles. The first kappa shape index (κ1) is 23.5. The minimum Gasteiger partial charge on any atom is -0.507 e. The maximum atomic E-state index is 13.3. The highest BCUT2D eigenvalue weighted by molar-refractivity contribution is 6.46. The molecule has 1 N–H and O–H groups in total. The van der Waals surface area contributed by atoms with E-state index in [4.69, 9.17) is 16.3 Å². The lowest BCUT2D eigenvalue weighted by molar-refractivity contribution is -0.140. The van der Waals surface area contributed by atoms with E-state index >= 15 is 0 Å². The SMILES string of the molecule is COc1ccc(Cl)cc1/C(O)=C1\C(=O)C(=O)N(Cc2ccncc2)C1c1ccc(C(C)C)cc1. The number of aliphatic hydroxyl groups is 1. The number of likely N-dealkylation sites (tertiary alicyclic amines) is 1. The predicted octanol–water partition coefficient (Wildman–Crippen LogP) is 5.49. The molecule has 2 heterocycles. The fourth-order valence-electron chi connectivity index (χ4n) is 4.15. The van der Waals surface area contributed by atoms with E-state index < -0.39 is 17.7 Å². The first-order chi connectivity index (χ1) is 16.3. The number of ether oxygens (including phenoxy) is 1. The molecule has 0 spiro atoms.